The molecule has 0 spiro atoms. The van der Waals surface area contributed by atoms with Gasteiger partial charge in [0.15, 0.2) is 6.61 Å². The maximum Gasteiger partial charge on any atom is 0.258 e. The highest BCUT2D eigenvalue weighted by Crippen LogP contribution is 2.25. The third kappa shape index (κ3) is 5.32. The van der Waals surface area contributed by atoms with Crippen LogP contribution >= 0.6 is 0 Å². The van der Waals surface area contributed by atoms with E-state index in [-0.39, 0.29) is 19.1 Å². The van der Waals surface area contributed by atoms with Crippen LogP contribution < -0.4 is 14.8 Å². The lowest BCUT2D eigenvalue weighted by Crippen LogP contribution is -2.28. The number of hydrogen-bond acceptors (Lipinski definition) is 4. The molecular formula is C15H21NO4. The van der Waals surface area contributed by atoms with Gasteiger partial charge in [0.1, 0.15) is 11.5 Å². The summed E-state index contributed by atoms with van der Waals surface area (Å²) in [5.74, 6) is 0.870. The quantitative estimate of drug-likeness (QED) is 0.674. The Kier molecular flexibility index (Phi) is 7.21. The van der Waals surface area contributed by atoms with Gasteiger partial charge in [0.05, 0.1) is 13.2 Å². The second-order valence-electron chi connectivity index (χ2n) is 4.16. The van der Waals surface area contributed by atoms with E-state index in [1.807, 2.05) is 6.92 Å². The number of nitrogens with one attached hydrogen (secondary N) is 1. The van der Waals surface area contributed by atoms with Crippen LogP contribution in [0, 0.1) is 0 Å². The van der Waals surface area contributed by atoms with E-state index in [4.69, 9.17) is 9.47 Å². The van der Waals surface area contributed by atoms with Gasteiger partial charge in [-0.15, -0.1) is 6.58 Å². The first-order valence-electron chi connectivity index (χ1n) is 6.58. The van der Waals surface area contributed by atoms with Gasteiger partial charge in [-0.25, -0.2) is 0 Å². The molecule has 0 heterocycles. The summed E-state index contributed by atoms with van der Waals surface area (Å²) in [5.41, 5.74) is 0.616. The van der Waals surface area contributed by atoms with Crippen LogP contribution in [-0.4, -0.2) is 30.8 Å². The molecule has 20 heavy (non-hydrogen) atoms. The van der Waals surface area contributed by atoms with Gasteiger partial charge in [0.2, 0.25) is 0 Å². The van der Waals surface area contributed by atoms with Crippen LogP contribution in [0.5, 0.6) is 11.5 Å². The fraction of sp³-hybridized carbons (Fsp3) is 0.400. The van der Waals surface area contributed by atoms with Crippen molar-refractivity contribution in [3.05, 3.63) is 36.4 Å². The number of carbonyl (C=O) groups is 1. The Balaban J connectivity index is 2.65. The average Bonchev–Trinajstić information content (AvgIpc) is 2.48. The zero-order valence-electron chi connectivity index (χ0n) is 11.7. The molecule has 0 bridgehead atoms. The molecule has 0 radical (unpaired) electrons. The van der Waals surface area contributed by atoms with Crippen molar-refractivity contribution in [3.63, 3.8) is 0 Å². The second kappa shape index (κ2) is 8.98. The number of ether oxygens (including phenoxy) is 2. The summed E-state index contributed by atoms with van der Waals surface area (Å²) in [4.78, 5) is 11.5. The lowest BCUT2D eigenvalue weighted by atomic mass is 10.2. The molecule has 0 aliphatic rings. The van der Waals surface area contributed by atoms with Gasteiger partial charge in [-0.3, -0.25) is 4.79 Å². The number of carbonyl (C=O) groups excluding carboxylic acids is 1. The lowest BCUT2D eigenvalue weighted by Gasteiger charge is -2.12. The summed E-state index contributed by atoms with van der Waals surface area (Å²) in [6, 6.07) is 5.18. The number of amides is 1. The highest BCUT2D eigenvalue weighted by atomic mass is 16.5. The summed E-state index contributed by atoms with van der Waals surface area (Å²) < 4.78 is 10.9. The topological polar surface area (TPSA) is 67.8 Å². The Bertz CT molecular complexity index is 445. The van der Waals surface area contributed by atoms with Gasteiger partial charge in [-0.2, -0.15) is 0 Å². The fourth-order valence-corrected chi connectivity index (χ4v) is 1.49. The Hall–Kier alpha value is -2.01. The molecular weight excluding hydrogens is 258 g/mol. The molecule has 1 aromatic rings. The molecule has 0 atom stereocenters. The third-order valence-electron chi connectivity index (χ3n) is 2.48. The van der Waals surface area contributed by atoms with E-state index in [2.05, 4.69) is 11.9 Å². The van der Waals surface area contributed by atoms with Gasteiger partial charge in [-0.05, 0) is 18.6 Å². The molecule has 5 heteroatoms. The van der Waals surface area contributed by atoms with Crippen LogP contribution in [0.4, 0.5) is 0 Å². The van der Waals surface area contributed by atoms with E-state index in [9.17, 15) is 9.90 Å². The van der Waals surface area contributed by atoms with Crippen molar-refractivity contribution in [2.75, 3.05) is 19.8 Å². The van der Waals surface area contributed by atoms with Crippen LogP contribution in [-0.2, 0) is 11.4 Å². The molecule has 5 nitrogen and oxygen atoms in total. The van der Waals surface area contributed by atoms with E-state index in [1.54, 1.807) is 24.3 Å². The van der Waals surface area contributed by atoms with Crippen LogP contribution in [0.1, 0.15) is 18.9 Å². The van der Waals surface area contributed by atoms with E-state index < -0.39 is 0 Å². The largest absolute Gasteiger partial charge is 0.493 e. The minimum atomic E-state index is -0.242. The number of benzene rings is 1. The van der Waals surface area contributed by atoms with Gasteiger partial charge in [0.25, 0.3) is 5.91 Å². The summed E-state index contributed by atoms with van der Waals surface area (Å²) in [7, 11) is 0. The Morgan fingerprint density at radius 1 is 1.45 bits per heavy atom. The van der Waals surface area contributed by atoms with Gasteiger partial charge >= 0.3 is 0 Å². The molecule has 0 aliphatic carbocycles. The van der Waals surface area contributed by atoms with Crippen molar-refractivity contribution in [3.8, 4) is 11.5 Å². The summed E-state index contributed by atoms with van der Waals surface area (Å²) in [5, 5.41) is 11.9. The Morgan fingerprint density at radius 3 is 2.90 bits per heavy atom. The van der Waals surface area contributed by atoms with Crippen LogP contribution in [0.15, 0.2) is 30.9 Å². The number of aliphatic hydroxyl groups excluding tert-OH is 1. The van der Waals surface area contributed by atoms with E-state index in [1.165, 1.54) is 0 Å². The number of rotatable bonds is 9. The predicted molar refractivity (Wildman–Crippen MR) is 76.9 cm³/mol. The normalized spacial score (nSPS) is 9.90. The van der Waals surface area contributed by atoms with Crippen molar-refractivity contribution in [1.82, 2.24) is 5.32 Å². The Morgan fingerprint density at radius 2 is 2.25 bits per heavy atom. The van der Waals surface area contributed by atoms with E-state index in [0.29, 0.717) is 30.2 Å². The Labute approximate surface area is 119 Å². The molecule has 0 aromatic heterocycles. The van der Waals surface area contributed by atoms with Crippen LogP contribution in [0.3, 0.4) is 0 Å². The summed E-state index contributed by atoms with van der Waals surface area (Å²) >= 11 is 0. The van der Waals surface area contributed by atoms with Crippen molar-refractivity contribution >= 4 is 5.91 Å². The summed E-state index contributed by atoms with van der Waals surface area (Å²) in [6.45, 7) is 6.27. The van der Waals surface area contributed by atoms with Crippen molar-refractivity contribution < 1.29 is 19.4 Å². The van der Waals surface area contributed by atoms with Gasteiger partial charge in [0, 0.05) is 18.2 Å². The SMILES string of the molecule is C=CCNC(=O)COc1cc(OCCC)ccc1CO. The minimum absolute atomic E-state index is 0.113. The van der Waals surface area contributed by atoms with Crippen molar-refractivity contribution in [1.29, 1.82) is 0 Å². The first-order chi connectivity index (χ1) is 9.71. The zero-order valence-corrected chi connectivity index (χ0v) is 11.7. The highest BCUT2D eigenvalue weighted by Gasteiger charge is 2.08. The molecule has 110 valence electrons. The molecule has 2 N–H and O–H groups in total. The highest BCUT2D eigenvalue weighted by molar-refractivity contribution is 5.77. The van der Waals surface area contributed by atoms with E-state index >= 15 is 0 Å². The molecule has 0 saturated carbocycles. The number of hydrogen-bond donors (Lipinski definition) is 2. The first-order valence-corrected chi connectivity index (χ1v) is 6.58. The molecule has 1 amide bonds. The first kappa shape index (κ1) is 16.0. The van der Waals surface area contributed by atoms with Crippen molar-refractivity contribution in [2.45, 2.75) is 20.0 Å². The van der Waals surface area contributed by atoms with Gasteiger partial charge in [-0.1, -0.05) is 13.0 Å². The maximum atomic E-state index is 11.5. The van der Waals surface area contributed by atoms with Crippen LogP contribution in [0.25, 0.3) is 0 Å². The molecule has 0 fully saturated rings. The zero-order chi connectivity index (χ0) is 14.8. The second-order valence-corrected chi connectivity index (χ2v) is 4.16. The maximum absolute atomic E-state index is 11.5. The monoisotopic (exact) mass is 279 g/mol. The van der Waals surface area contributed by atoms with Crippen LogP contribution in [0.2, 0.25) is 0 Å². The number of aliphatic hydroxyl groups is 1. The molecule has 0 saturated heterocycles. The summed E-state index contributed by atoms with van der Waals surface area (Å²) in [6.07, 6.45) is 2.50. The van der Waals surface area contributed by atoms with Crippen molar-refractivity contribution in [2.24, 2.45) is 0 Å². The van der Waals surface area contributed by atoms with Gasteiger partial charge < -0.3 is 19.9 Å². The minimum Gasteiger partial charge on any atom is -0.493 e. The predicted octanol–water partition coefficient (Wildman–Crippen LogP) is 1.65. The smallest absolute Gasteiger partial charge is 0.258 e. The molecule has 0 aliphatic heterocycles. The van der Waals surface area contributed by atoms with E-state index in [0.717, 1.165) is 6.42 Å². The standard InChI is InChI=1S/C15H21NO4/c1-3-7-16-15(18)11-20-14-9-13(19-8-4-2)6-5-12(14)10-17/h3,5-6,9,17H,1,4,7-8,10-11H2,2H3,(H,16,18). The molecule has 1 rings (SSSR count). The third-order valence-corrected chi connectivity index (χ3v) is 2.48. The molecule has 1 aromatic carbocycles. The molecule has 0 unspecified atom stereocenters. The lowest BCUT2D eigenvalue weighted by molar-refractivity contribution is -0.122. The fourth-order valence-electron chi connectivity index (χ4n) is 1.49. The average molecular weight is 279 g/mol.